The van der Waals surface area contributed by atoms with Crippen molar-refractivity contribution in [3.63, 3.8) is 0 Å². The highest BCUT2D eigenvalue weighted by atomic mass is 35.5. The minimum Gasteiger partial charge on any atom is -0.316 e. The average Bonchev–Trinajstić information content (AvgIpc) is 2.89. The first-order chi connectivity index (χ1) is 10.5. The molecule has 5 nitrogen and oxygen atoms in total. The summed E-state index contributed by atoms with van der Waals surface area (Å²) >= 11 is 13.2. The number of carbonyl (C=O) groups is 2. The van der Waals surface area contributed by atoms with Crippen molar-refractivity contribution >= 4 is 58.3 Å². The third-order valence-electron chi connectivity index (χ3n) is 2.66. The second-order valence-electron chi connectivity index (χ2n) is 4.22. The summed E-state index contributed by atoms with van der Waals surface area (Å²) in [4.78, 5) is 24.3. The number of hydrazone groups is 1. The molecule has 0 atom stereocenters. The van der Waals surface area contributed by atoms with Crippen LogP contribution in [0.4, 0.5) is 5.69 Å². The Morgan fingerprint density at radius 3 is 2.68 bits per heavy atom. The Morgan fingerprint density at radius 2 is 2.00 bits per heavy atom. The van der Waals surface area contributed by atoms with E-state index in [0.29, 0.717) is 0 Å². The number of nitrogens with zero attached hydrogens (tertiary/aromatic N) is 1. The van der Waals surface area contributed by atoms with Crippen LogP contribution in [0.5, 0.6) is 0 Å². The first-order valence-corrected chi connectivity index (χ1v) is 7.75. The van der Waals surface area contributed by atoms with Gasteiger partial charge in [0.1, 0.15) is 0 Å². The Morgan fingerprint density at radius 1 is 1.23 bits per heavy atom. The van der Waals surface area contributed by atoms with Crippen molar-refractivity contribution in [2.45, 2.75) is 6.92 Å². The van der Waals surface area contributed by atoms with E-state index >= 15 is 0 Å². The lowest BCUT2D eigenvalue weighted by molar-refractivity contribution is -0.136. The van der Waals surface area contributed by atoms with Gasteiger partial charge in [-0.3, -0.25) is 9.59 Å². The van der Waals surface area contributed by atoms with Gasteiger partial charge in [0.15, 0.2) is 0 Å². The van der Waals surface area contributed by atoms with Gasteiger partial charge in [-0.2, -0.15) is 5.10 Å². The van der Waals surface area contributed by atoms with Gasteiger partial charge in [-0.25, -0.2) is 5.43 Å². The maximum atomic E-state index is 11.7. The summed E-state index contributed by atoms with van der Waals surface area (Å²) in [6.07, 6.45) is 1.48. The van der Waals surface area contributed by atoms with Crippen LogP contribution in [-0.2, 0) is 9.59 Å². The largest absolute Gasteiger partial charge is 0.329 e. The third kappa shape index (κ3) is 4.07. The van der Waals surface area contributed by atoms with E-state index in [-0.39, 0.29) is 15.7 Å². The van der Waals surface area contributed by atoms with Gasteiger partial charge in [0.2, 0.25) is 0 Å². The molecule has 2 aromatic rings. The molecule has 0 unspecified atom stereocenters. The number of benzene rings is 1. The van der Waals surface area contributed by atoms with Gasteiger partial charge in [-0.15, -0.1) is 11.3 Å². The highest BCUT2D eigenvalue weighted by Gasteiger charge is 2.15. The monoisotopic (exact) mass is 355 g/mol. The molecule has 1 aromatic heterocycles. The van der Waals surface area contributed by atoms with E-state index in [9.17, 15) is 9.59 Å². The quantitative estimate of drug-likeness (QED) is 0.502. The summed E-state index contributed by atoms with van der Waals surface area (Å²) in [7, 11) is 0. The first kappa shape index (κ1) is 16.5. The molecule has 22 heavy (non-hydrogen) atoms. The number of aryl methyl sites for hydroxylation is 1. The fourth-order valence-electron chi connectivity index (χ4n) is 1.50. The summed E-state index contributed by atoms with van der Waals surface area (Å²) in [6.45, 7) is 1.92. The van der Waals surface area contributed by atoms with Crippen molar-refractivity contribution in [1.29, 1.82) is 0 Å². The van der Waals surface area contributed by atoms with E-state index in [0.717, 1.165) is 10.4 Å². The molecule has 0 spiro atoms. The summed E-state index contributed by atoms with van der Waals surface area (Å²) in [5, 5.41) is 8.47. The van der Waals surface area contributed by atoms with Crippen molar-refractivity contribution in [3.8, 4) is 0 Å². The van der Waals surface area contributed by atoms with Crippen LogP contribution in [0, 0.1) is 6.92 Å². The third-order valence-corrected chi connectivity index (χ3v) is 4.43. The lowest BCUT2D eigenvalue weighted by Crippen LogP contribution is -2.32. The average molecular weight is 356 g/mol. The second-order valence-corrected chi connectivity index (χ2v) is 5.96. The van der Waals surface area contributed by atoms with E-state index in [1.165, 1.54) is 23.6 Å². The zero-order valence-corrected chi connectivity index (χ0v) is 13.7. The Balaban J connectivity index is 1.95. The van der Waals surface area contributed by atoms with Crippen molar-refractivity contribution < 1.29 is 9.59 Å². The summed E-state index contributed by atoms with van der Waals surface area (Å²) in [5.74, 6) is -1.79. The highest BCUT2D eigenvalue weighted by molar-refractivity contribution is 7.11. The summed E-state index contributed by atoms with van der Waals surface area (Å²) < 4.78 is 0. The molecule has 0 fully saturated rings. The van der Waals surface area contributed by atoms with Gasteiger partial charge in [-0.1, -0.05) is 29.3 Å². The fraction of sp³-hybridized carbons (Fsp3) is 0.0714. The van der Waals surface area contributed by atoms with E-state index in [2.05, 4.69) is 15.8 Å². The number of hydrogen-bond acceptors (Lipinski definition) is 4. The Bertz CT molecular complexity index is 743. The maximum Gasteiger partial charge on any atom is 0.329 e. The zero-order valence-electron chi connectivity index (χ0n) is 11.4. The molecule has 114 valence electrons. The van der Waals surface area contributed by atoms with Gasteiger partial charge >= 0.3 is 11.8 Å². The molecular formula is C14H11Cl2N3O2S. The number of amides is 2. The molecule has 0 bridgehead atoms. The molecule has 2 N–H and O–H groups in total. The van der Waals surface area contributed by atoms with Gasteiger partial charge in [-0.05, 0) is 36.1 Å². The molecular weight excluding hydrogens is 345 g/mol. The number of nitrogens with one attached hydrogen (secondary N) is 2. The minimum atomic E-state index is -0.901. The van der Waals surface area contributed by atoms with Gasteiger partial charge in [0.05, 0.1) is 21.9 Å². The molecule has 0 saturated heterocycles. The number of thiophene rings is 1. The van der Waals surface area contributed by atoms with Crippen molar-refractivity contribution in [2.24, 2.45) is 5.10 Å². The normalized spacial score (nSPS) is 10.7. The van der Waals surface area contributed by atoms with Crippen LogP contribution in [0.3, 0.4) is 0 Å². The number of carbonyl (C=O) groups excluding carboxylic acids is 2. The van der Waals surface area contributed by atoms with Crippen molar-refractivity contribution in [1.82, 2.24) is 5.43 Å². The topological polar surface area (TPSA) is 70.6 Å². The first-order valence-electron chi connectivity index (χ1n) is 6.11. The van der Waals surface area contributed by atoms with E-state index in [1.54, 1.807) is 12.1 Å². The van der Waals surface area contributed by atoms with Gasteiger partial charge < -0.3 is 5.32 Å². The lowest BCUT2D eigenvalue weighted by Gasteiger charge is -2.06. The van der Waals surface area contributed by atoms with Crippen molar-refractivity contribution in [2.75, 3.05) is 5.32 Å². The van der Waals surface area contributed by atoms with Crippen LogP contribution >= 0.6 is 34.5 Å². The van der Waals surface area contributed by atoms with Crippen LogP contribution in [0.25, 0.3) is 0 Å². The Labute approximate surface area is 140 Å². The molecule has 0 saturated carbocycles. The molecule has 0 aliphatic carbocycles. The maximum absolute atomic E-state index is 11.7. The Kier molecular flexibility index (Phi) is 5.54. The minimum absolute atomic E-state index is 0.169. The predicted molar refractivity (Wildman–Crippen MR) is 89.9 cm³/mol. The highest BCUT2D eigenvalue weighted by Crippen LogP contribution is 2.29. The van der Waals surface area contributed by atoms with Crippen molar-refractivity contribution in [3.05, 3.63) is 50.1 Å². The molecule has 1 aromatic carbocycles. The second kappa shape index (κ2) is 7.40. The summed E-state index contributed by atoms with van der Waals surface area (Å²) in [6, 6.07) is 6.66. The van der Waals surface area contributed by atoms with Gasteiger partial charge in [0, 0.05) is 4.88 Å². The van der Waals surface area contributed by atoms with E-state index in [1.807, 2.05) is 18.4 Å². The number of hydrogen-bond donors (Lipinski definition) is 2. The SMILES string of the molecule is Cc1ccsc1/C=N/NC(=O)C(=O)Nc1cccc(Cl)c1Cl. The molecule has 2 rings (SSSR count). The molecule has 1 heterocycles. The lowest BCUT2D eigenvalue weighted by atomic mass is 10.3. The molecule has 0 radical (unpaired) electrons. The Hall–Kier alpha value is -1.89. The smallest absolute Gasteiger partial charge is 0.316 e. The number of halogens is 2. The van der Waals surface area contributed by atoms with Crippen LogP contribution in [0.1, 0.15) is 10.4 Å². The van der Waals surface area contributed by atoms with Crippen LogP contribution in [0.15, 0.2) is 34.7 Å². The standard InChI is InChI=1S/C14H11Cl2N3O2S/c1-8-5-6-22-11(8)7-17-19-14(21)13(20)18-10-4-2-3-9(15)12(10)16/h2-7H,1H3,(H,18,20)(H,19,21)/b17-7+. The predicted octanol–water partition coefficient (Wildman–Crippen LogP) is 3.45. The van der Waals surface area contributed by atoms with E-state index < -0.39 is 11.8 Å². The van der Waals surface area contributed by atoms with Crippen LogP contribution in [0.2, 0.25) is 10.0 Å². The van der Waals surface area contributed by atoms with Crippen LogP contribution in [-0.4, -0.2) is 18.0 Å². The molecule has 2 amide bonds. The molecule has 8 heteroatoms. The fourth-order valence-corrected chi connectivity index (χ4v) is 2.63. The molecule has 0 aliphatic rings. The van der Waals surface area contributed by atoms with Gasteiger partial charge in [0.25, 0.3) is 0 Å². The number of anilines is 1. The zero-order chi connectivity index (χ0) is 16.1. The number of rotatable bonds is 3. The molecule has 0 aliphatic heterocycles. The van der Waals surface area contributed by atoms with Crippen LogP contribution < -0.4 is 10.7 Å². The summed E-state index contributed by atoms with van der Waals surface area (Å²) in [5.41, 5.74) is 3.45. The van der Waals surface area contributed by atoms with E-state index in [4.69, 9.17) is 23.2 Å².